The van der Waals surface area contributed by atoms with E-state index in [9.17, 15) is 18.0 Å². The van der Waals surface area contributed by atoms with E-state index in [4.69, 9.17) is 4.74 Å². The molecule has 1 aromatic rings. The quantitative estimate of drug-likeness (QED) is 0.719. The van der Waals surface area contributed by atoms with Gasteiger partial charge in [0.25, 0.3) is 15.9 Å². The van der Waals surface area contributed by atoms with Gasteiger partial charge in [0.1, 0.15) is 5.84 Å². The van der Waals surface area contributed by atoms with Gasteiger partial charge >= 0.3 is 5.97 Å². The Balaban J connectivity index is 1.46. The first-order chi connectivity index (χ1) is 13.4. The van der Waals surface area contributed by atoms with Crippen molar-refractivity contribution < 1.29 is 22.7 Å². The number of hydrogen-bond acceptors (Lipinski definition) is 6. The average Bonchev–Trinajstić information content (AvgIpc) is 2.97. The van der Waals surface area contributed by atoms with Crippen LogP contribution in [0.5, 0.6) is 0 Å². The lowest BCUT2D eigenvalue weighted by Crippen LogP contribution is -2.40. The summed E-state index contributed by atoms with van der Waals surface area (Å²) in [5.74, 6) is -0.524. The Hall–Kier alpha value is -2.42. The molecule has 0 radical (unpaired) electrons. The van der Waals surface area contributed by atoms with E-state index in [0.717, 1.165) is 25.7 Å². The Bertz CT molecular complexity index is 875. The Morgan fingerprint density at radius 3 is 2.68 bits per heavy atom. The molecule has 0 saturated heterocycles. The maximum absolute atomic E-state index is 12.2. The topological polar surface area (TPSA) is 105 Å². The minimum atomic E-state index is -3.59. The second kappa shape index (κ2) is 8.72. The zero-order valence-electron chi connectivity index (χ0n) is 15.9. The zero-order valence-corrected chi connectivity index (χ0v) is 16.7. The van der Waals surface area contributed by atoms with Crippen LogP contribution in [-0.2, 0) is 24.3 Å². The van der Waals surface area contributed by atoms with Gasteiger partial charge < -0.3 is 9.64 Å². The van der Waals surface area contributed by atoms with Gasteiger partial charge in [-0.3, -0.25) is 19.3 Å². The molecule has 0 aromatic heterocycles. The molecule has 8 nitrogen and oxygen atoms in total. The number of rotatable bonds is 6. The zero-order chi connectivity index (χ0) is 20.1. The molecule has 1 amide bonds. The monoisotopic (exact) mass is 407 g/mol. The predicted molar refractivity (Wildman–Crippen MR) is 103 cm³/mol. The lowest BCUT2D eigenvalue weighted by atomic mass is 9.94. The highest BCUT2D eigenvalue weighted by atomic mass is 32.2. The van der Waals surface area contributed by atoms with E-state index in [2.05, 4.69) is 9.71 Å². The molecule has 1 N–H and O–H groups in total. The van der Waals surface area contributed by atoms with Gasteiger partial charge in [0.2, 0.25) is 0 Å². The Morgan fingerprint density at radius 1 is 1.21 bits per heavy atom. The molecule has 152 valence electrons. The number of ether oxygens (including phenoxy) is 1. The summed E-state index contributed by atoms with van der Waals surface area (Å²) in [5.41, 5.74) is 0.486. The van der Waals surface area contributed by atoms with Gasteiger partial charge in [-0.25, -0.2) is 8.42 Å². The molecule has 1 aromatic carbocycles. The van der Waals surface area contributed by atoms with Gasteiger partial charge in [-0.1, -0.05) is 31.4 Å². The lowest BCUT2D eigenvalue weighted by Gasteiger charge is -2.31. The second-order valence-corrected chi connectivity index (χ2v) is 8.69. The maximum Gasteiger partial charge on any atom is 0.308 e. The van der Waals surface area contributed by atoms with Crippen LogP contribution >= 0.6 is 0 Å². The molecule has 1 fully saturated rings. The Morgan fingerprint density at radius 2 is 1.93 bits per heavy atom. The molecule has 3 rings (SSSR count). The van der Waals surface area contributed by atoms with Gasteiger partial charge in [0.15, 0.2) is 6.61 Å². The van der Waals surface area contributed by atoms with Crippen molar-refractivity contribution in [1.29, 1.82) is 0 Å². The summed E-state index contributed by atoms with van der Waals surface area (Å²) in [6.07, 6.45) is 5.39. The van der Waals surface area contributed by atoms with Gasteiger partial charge in [-0.15, -0.1) is 0 Å². The molecule has 1 aliphatic carbocycles. The molecular formula is C19H25N3O5S. The van der Waals surface area contributed by atoms with Crippen LogP contribution in [-0.4, -0.2) is 57.3 Å². The summed E-state index contributed by atoms with van der Waals surface area (Å²) in [6, 6.07) is 6.74. The molecule has 28 heavy (non-hydrogen) atoms. The first-order valence-electron chi connectivity index (χ1n) is 9.46. The fraction of sp³-hybridized carbons (Fsp3) is 0.526. The van der Waals surface area contributed by atoms with Crippen LogP contribution in [0, 0.1) is 0 Å². The smallest absolute Gasteiger partial charge is 0.308 e. The largest absolute Gasteiger partial charge is 0.456 e. The van der Waals surface area contributed by atoms with Gasteiger partial charge in [-0.05, 0) is 25.0 Å². The molecular weight excluding hydrogens is 382 g/mol. The number of likely N-dealkylation sites (N-methyl/N-ethyl adjacent to an activating group) is 1. The highest BCUT2D eigenvalue weighted by Gasteiger charge is 2.30. The number of carbonyl (C=O) groups excluding carboxylic acids is 2. The van der Waals surface area contributed by atoms with Crippen molar-refractivity contribution in [3.8, 4) is 0 Å². The van der Waals surface area contributed by atoms with Crippen molar-refractivity contribution in [2.75, 3.05) is 20.2 Å². The van der Waals surface area contributed by atoms with E-state index in [-0.39, 0.29) is 42.3 Å². The standard InChI is InChI=1S/C19H25N3O5S/c1-22(14-7-3-2-4-8-14)17(23)13-27-18(24)11-12-20-19-15-9-5-6-10-16(15)28(25,26)21-19/h5-6,9-10,14H,2-4,7-8,11-13H2,1H3,(H,20,21). The normalized spacial score (nSPS) is 19.7. The van der Waals surface area contributed by atoms with Crippen LogP contribution in [0.15, 0.2) is 34.2 Å². The third-order valence-electron chi connectivity index (χ3n) is 5.12. The number of carbonyl (C=O) groups is 2. The lowest BCUT2D eigenvalue weighted by molar-refractivity contribution is -0.152. The number of amidine groups is 1. The number of esters is 1. The predicted octanol–water partition coefficient (Wildman–Crippen LogP) is 1.45. The van der Waals surface area contributed by atoms with Crippen LogP contribution in [0.4, 0.5) is 0 Å². The molecule has 1 aliphatic heterocycles. The van der Waals surface area contributed by atoms with Crippen LogP contribution in [0.1, 0.15) is 44.1 Å². The molecule has 0 atom stereocenters. The van der Waals surface area contributed by atoms with Crippen molar-refractivity contribution in [1.82, 2.24) is 9.62 Å². The summed E-state index contributed by atoms with van der Waals surface area (Å²) >= 11 is 0. The van der Waals surface area contributed by atoms with Gasteiger partial charge in [-0.2, -0.15) is 0 Å². The third kappa shape index (κ3) is 4.70. The summed E-state index contributed by atoms with van der Waals surface area (Å²) in [4.78, 5) is 30.1. The SMILES string of the molecule is CN(C(=O)COC(=O)CCN=C1NS(=O)(=O)c2ccccc21)C1CCCCC1. The minimum absolute atomic E-state index is 0.0339. The molecule has 0 unspecified atom stereocenters. The van der Waals surface area contributed by atoms with E-state index >= 15 is 0 Å². The molecule has 1 saturated carbocycles. The molecule has 0 spiro atoms. The number of nitrogens with one attached hydrogen (secondary N) is 1. The molecule has 0 bridgehead atoms. The molecule has 9 heteroatoms. The van der Waals surface area contributed by atoms with Crippen LogP contribution in [0.2, 0.25) is 0 Å². The second-order valence-electron chi connectivity index (χ2n) is 7.04. The number of hydrogen-bond donors (Lipinski definition) is 1. The van der Waals surface area contributed by atoms with Gasteiger partial charge in [0, 0.05) is 18.7 Å². The fourth-order valence-electron chi connectivity index (χ4n) is 3.50. The van der Waals surface area contributed by atoms with Crippen molar-refractivity contribution in [2.24, 2.45) is 4.99 Å². The van der Waals surface area contributed by atoms with E-state index in [0.29, 0.717) is 5.56 Å². The Kier molecular flexibility index (Phi) is 6.33. The van der Waals surface area contributed by atoms with E-state index in [1.807, 2.05) is 0 Å². The fourth-order valence-corrected chi connectivity index (χ4v) is 4.75. The van der Waals surface area contributed by atoms with E-state index in [1.54, 1.807) is 30.1 Å². The molecule has 1 heterocycles. The highest BCUT2D eigenvalue weighted by molar-refractivity contribution is 7.90. The number of nitrogens with zero attached hydrogens (tertiary/aromatic N) is 2. The van der Waals surface area contributed by atoms with Gasteiger partial charge in [0.05, 0.1) is 17.9 Å². The van der Waals surface area contributed by atoms with Crippen molar-refractivity contribution in [3.63, 3.8) is 0 Å². The van der Waals surface area contributed by atoms with E-state index in [1.165, 1.54) is 12.5 Å². The number of sulfonamides is 1. The summed E-state index contributed by atoms with van der Waals surface area (Å²) in [7, 11) is -1.84. The van der Waals surface area contributed by atoms with Crippen LogP contribution in [0.25, 0.3) is 0 Å². The average molecular weight is 407 g/mol. The minimum Gasteiger partial charge on any atom is -0.456 e. The number of amides is 1. The Labute approximate surface area is 165 Å². The van der Waals surface area contributed by atoms with Crippen molar-refractivity contribution in [3.05, 3.63) is 29.8 Å². The highest BCUT2D eigenvalue weighted by Crippen LogP contribution is 2.22. The van der Waals surface area contributed by atoms with Crippen molar-refractivity contribution >= 4 is 27.7 Å². The van der Waals surface area contributed by atoms with Crippen LogP contribution < -0.4 is 4.72 Å². The number of fused-ring (bicyclic) bond motifs is 1. The first-order valence-corrected chi connectivity index (χ1v) is 10.9. The van der Waals surface area contributed by atoms with Crippen LogP contribution in [0.3, 0.4) is 0 Å². The maximum atomic E-state index is 12.2. The first kappa shape index (κ1) is 20.3. The van der Waals surface area contributed by atoms with E-state index < -0.39 is 16.0 Å². The number of benzene rings is 1. The molecule has 2 aliphatic rings. The summed E-state index contributed by atoms with van der Waals surface area (Å²) < 4.78 is 31.4. The summed E-state index contributed by atoms with van der Waals surface area (Å²) in [5, 5.41) is 0. The number of aliphatic imine (C=N–C) groups is 1. The summed E-state index contributed by atoms with van der Waals surface area (Å²) in [6.45, 7) is -0.213. The third-order valence-corrected chi connectivity index (χ3v) is 6.52. The van der Waals surface area contributed by atoms with Crippen molar-refractivity contribution in [2.45, 2.75) is 49.5 Å².